The maximum Gasteiger partial charge on any atom is 0.348 e. The standard InChI is InChI=1S/C13H12N2O4S/c1-7(16)14-13-15-10(11(20-13)12(17)18)8-4-3-5-9(6-8)19-2/h3-6H,1-2H3,(H,17,18)(H,14,15,16). The van der Waals surface area contributed by atoms with Crippen LogP contribution in [-0.2, 0) is 4.79 Å². The van der Waals surface area contributed by atoms with E-state index in [4.69, 9.17) is 4.74 Å². The van der Waals surface area contributed by atoms with Crippen molar-refractivity contribution in [1.29, 1.82) is 0 Å². The highest BCUT2D eigenvalue weighted by atomic mass is 32.1. The van der Waals surface area contributed by atoms with Gasteiger partial charge in [0.25, 0.3) is 0 Å². The SMILES string of the molecule is COc1cccc(-c2nc(NC(C)=O)sc2C(=O)O)c1. The molecule has 0 bridgehead atoms. The van der Waals surface area contributed by atoms with Gasteiger partial charge in [-0.05, 0) is 12.1 Å². The number of nitrogens with one attached hydrogen (secondary N) is 1. The zero-order chi connectivity index (χ0) is 14.7. The number of carboxylic acids is 1. The van der Waals surface area contributed by atoms with Gasteiger partial charge < -0.3 is 15.2 Å². The molecule has 20 heavy (non-hydrogen) atoms. The molecule has 2 aromatic rings. The van der Waals surface area contributed by atoms with Crippen LogP contribution in [0.15, 0.2) is 24.3 Å². The Morgan fingerprint density at radius 3 is 2.75 bits per heavy atom. The molecule has 1 aromatic carbocycles. The van der Waals surface area contributed by atoms with Crippen molar-refractivity contribution in [1.82, 2.24) is 4.98 Å². The van der Waals surface area contributed by atoms with Crippen molar-refractivity contribution < 1.29 is 19.4 Å². The Labute approximate surface area is 119 Å². The van der Waals surface area contributed by atoms with Gasteiger partial charge in [0.15, 0.2) is 5.13 Å². The number of anilines is 1. The number of aromatic nitrogens is 1. The van der Waals surface area contributed by atoms with Gasteiger partial charge in [-0.25, -0.2) is 9.78 Å². The highest BCUT2D eigenvalue weighted by Gasteiger charge is 2.19. The van der Waals surface area contributed by atoms with Gasteiger partial charge >= 0.3 is 5.97 Å². The molecule has 1 heterocycles. The molecule has 0 unspecified atom stereocenters. The van der Waals surface area contributed by atoms with Crippen LogP contribution >= 0.6 is 11.3 Å². The Hall–Kier alpha value is -2.41. The predicted molar refractivity (Wildman–Crippen MR) is 75.4 cm³/mol. The van der Waals surface area contributed by atoms with Crippen LogP contribution in [0.4, 0.5) is 5.13 Å². The number of benzene rings is 1. The van der Waals surface area contributed by atoms with E-state index in [-0.39, 0.29) is 15.9 Å². The maximum atomic E-state index is 11.3. The average Bonchev–Trinajstić information content (AvgIpc) is 2.82. The fourth-order valence-electron chi connectivity index (χ4n) is 1.64. The lowest BCUT2D eigenvalue weighted by atomic mass is 10.1. The third-order valence-electron chi connectivity index (χ3n) is 2.45. The van der Waals surface area contributed by atoms with Crippen molar-refractivity contribution in [3.05, 3.63) is 29.1 Å². The summed E-state index contributed by atoms with van der Waals surface area (Å²) in [6.45, 7) is 1.34. The summed E-state index contributed by atoms with van der Waals surface area (Å²) in [6.07, 6.45) is 0. The van der Waals surface area contributed by atoms with Crippen molar-refractivity contribution in [2.75, 3.05) is 12.4 Å². The molecule has 0 radical (unpaired) electrons. The summed E-state index contributed by atoms with van der Waals surface area (Å²) >= 11 is 0.921. The molecule has 0 spiro atoms. The molecule has 0 saturated carbocycles. The van der Waals surface area contributed by atoms with Gasteiger partial charge in [-0.2, -0.15) is 0 Å². The highest BCUT2D eigenvalue weighted by Crippen LogP contribution is 2.32. The number of nitrogens with zero attached hydrogens (tertiary/aromatic N) is 1. The number of ether oxygens (including phenoxy) is 1. The molecule has 7 heteroatoms. The van der Waals surface area contributed by atoms with Crippen LogP contribution in [0.2, 0.25) is 0 Å². The number of carbonyl (C=O) groups excluding carboxylic acids is 1. The van der Waals surface area contributed by atoms with Crippen LogP contribution in [0.5, 0.6) is 5.75 Å². The number of methoxy groups -OCH3 is 1. The molecular formula is C13H12N2O4S. The largest absolute Gasteiger partial charge is 0.497 e. The van der Waals surface area contributed by atoms with Crippen molar-refractivity contribution >= 4 is 28.3 Å². The normalized spacial score (nSPS) is 10.1. The second-order valence-electron chi connectivity index (χ2n) is 3.92. The van der Waals surface area contributed by atoms with E-state index >= 15 is 0 Å². The van der Waals surface area contributed by atoms with E-state index in [1.54, 1.807) is 24.3 Å². The number of hydrogen-bond donors (Lipinski definition) is 2. The molecule has 2 rings (SSSR count). The zero-order valence-electron chi connectivity index (χ0n) is 10.8. The van der Waals surface area contributed by atoms with Crippen molar-refractivity contribution in [2.45, 2.75) is 6.92 Å². The summed E-state index contributed by atoms with van der Waals surface area (Å²) in [5.74, 6) is -0.780. The minimum absolute atomic E-state index is 0.0713. The third kappa shape index (κ3) is 2.94. The average molecular weight is 292 g/mol. The monoisotopic (exact) mass is 292 g/mol. The number of carboxylic acid groups (broad SMARTS) is 1. The maximum absolute atomic E-state index is 11.3. The van der Waals surface area contributed by atoms with Crippen LogP contribution in [0.3, 0.4) is 0 Å². The number of amides is 1. The minimum Gasteiger partial charge on any atom is -0.497 e. The van der Waals surface area contributed by atoms with Crippen molar-refractivity contribution in [2.24, 2.45) is 0 Å². The topological polar surface area (TPSA) is 88.5 Å². The lowest BCUT2D eigenvalue weighted by Crippen LogP contribution is -2.04. The van der Waals surface area contributed by atoms with Gasteiger partial charge in [-0.15, -0.1) is 0 Å². The number of hydrogen-bond acceptors (Lipinski definition) is 5. The van der Waals surface area contributed by atoms with Gasteiger partial charge in [-0.1, -0.05) is 23.5 Å². The quantitative estimate of drug-likeness (QED) is 0.903. The molecule has 0 atom stereocenters. The predicted octanol–water partition coefficient (Wildman–Crippen LogP) is 2.48. The van der Waals surface area contributed by atoms with E-state index in [0.717, 1.165) is 11.3 Å². The molecule has 0 aliphatic heterocycles. The van der Waals surface area contributed by atoms with Crippen LogP contribution < -0.4 is 10.1 Å². The van der Waals surface area contributed by atoms with Crippen molar-refractivity contribution in [3.8, 4) is 17.0 Å². The molecule has 104 valence electrons. The number of carbonyl (C=O) groups is 2. The van der Waals surface area contributed by atoms with E-state index in [9.17, 15) is 14.7 Å². The summed E-state index contributed by atoms with van der Waals surface area (Å²) in [7, 11) is 1.53. The lowest BCUT2D eigenvalue weighted by molar-refractivity contribution is -0.114. The number of rotatable bonds is 4. The fraction of sp³-hybridized carbons (Fsp3) is 0.154. The van der Waals surface area contributed by atoms with E-state index in [0.29, 0.717) is 17.0 Å². The summed E-state index contributed by atoms with van der Waals surface area (Å²) in [6, 6.07) is 6.93. The first kappa shape index (κ1) is 14.0. The third-order valence-corrected chi connectivity index (χ3v) is 3.41. The summed E-state index contributed by atoms with van der Waals surface area (Å²) in [5.41, 5.74) is 0.930. The van der Waals surface area contributed by atoms with E-state index in [1.807, 2.05) is 0 Å². The smallest absolute Gasteiger partial charge is 0.348 e. The second kappa shape index (κ2) is 5.70. The highest BCUT2D eigenvalue weighted by molar-refractivity contribution is 7.18. The first-order valence-corrected chi connectivity index (χ1v) is 6.49. The first-order chi connectivity index (χ1) is 9.51. The Morgan fingerprint density at radius 2 is 2.15 bits per heavy atom. The van der Waals surface area contributed by atoms with Crippen molar-refractivity contribution in [3.63, 3.8) is 0 Å². The Kier molecular flexibility index (Phi) is 3.99. The fourth-order valence-corrected chi connectivity index (χ4v) is 2.51. The summed E-state index contributed by atoms with van der Waals surface area (Å²) < 4.78 is 5.11. The van der Waals surface area contributed by atoms with Gasteiger partial charge in [0.05, 0.1) is 12.8 Å². The summed E-state index contributed by atoms with van der Waals surface area (Å²) in [4.78, 5) is 26.5. The Morgan fingerprint density at radius 1 is 1.40 bits per heavy atom. The Balaban J connectivity index is 2.50. The van der Waals surface area contributed by atoms with Gasteiger partial charge in [-0.3, -0.25) is 4.79 Å². The van der Waals surface area contributed by atoms with E-state index in [2.05, 4.69) is 10.3 Å². The minimum atomic E-state index is -1.09. The molecule has 0 aliphatic rings. The first-order valence-electron chi connectivity index (χ1n) is 5.67. The Bertz CT molecular complexity index is 666. The number of aromatic carboxylic acids is 1. The van der Waals surface area contributed by atoms with Crippen LogP contribution in [0.1, 0.15) is 16.6 Å². The molecule has 2 N–H and O–H groups in total. The van der Waals surface area contributed by atoms with E-state index in [1.165, 1.54) is 14.0 Å². The summed E-state index contributed by atoms with van der Waals surface area (Å²) in [5, 5.41) is 12.0. The van der Waals surface area contributed by atoms with Gasteiger partial charge in [0, 0.05) is 12.5 Å². The zero-order valence-corrected chi connectivity index (χ0v) is 11.7. The molecular weight excluding hydrogens is 280 g/mol. The van der Waals surface area contributed by atoms with Crippen LogP contribution in [0.25, 0.3) is 11.3 Å². The van der Waals surface area contributed by atoms with Crippen LogP contribution in [0, 0.1) is 0 Å². The molecule has 0 fully saturated rings. The molecule has 0 aliphatic carbocycles. The molecule has 0 saturated heterocycles. The second-order valence-corrected chi connectivity index (χ2v) is 4.91. The lowest BCUT2D eigenvalue weighted by Gasteiger charge is -2.02. The van der Waals surface area contributed by atoms with Gasteiger partial charge in [0.2, 0.25) is 5.91 Å². The van der Waals surface area contributed by atoms with Crippen LogP contribution in [-0.4, -0.2) is 29.1 Å². The number of thiazole rings is 1. The molecule has 1 amide bonds. The molecule has 1 aromatic heterocycles. The molecule has 6 nitrogen and oxygen atoms in total. The van der Waals surface area contributed by atoms with E-state index < -0.39 is 5.97 Å². The van der Waals surface area contributed by atoms with Gasteiger partial charge in [0.1, 0.15) is 10.6 Å².